The standard InChI is InChI=1S/C22H14Cl2N2S.C3H8.C2H6/c23-17-8-9-22(19(24)12-17)27-21-3-1-2-20-18(21)10-11-26(20)14-16-6-4-15(13-25)5-7-16;1-3-2;1-2/h1-12H,14H2;3H2,1-2H3;1-2H3. The molecule has 0 saturated heterocycles. The SMILES string of the molecule is CC.CCC.N#Cc1ccc(Cn2ccc3c(Sc4ccc(Cl)cc4Cl)cccc32)cc1. The highest BCUT2D eigenvalue weighted by molar-refractivity contribution is 7.99. The van der Waals surface area contributed by atoms with Crippen LogP contribution in [0.25, 0.3) is 10.9 Å². The molecule has 0 amide bonds. The fourth-order valence-corrected chi connectivity index (χ4v) is 4.46. The molecule has 0 atom stereocenters. The van der Waals surface area contributed by atoms with Gasteiger partial charge in [-0.05, 0) is 54.1 Å². The largest absolute Gasteiger partial charge is 0.343 e. The molecule has 166 valence electrons. The van der Waals surface area contributed by atoms with Crippen molar-refractivity contribution in [3.8, 4) is 6.07 Å². The number of hydrogen-bond donors (Lipinski definition) is 0. The molecular weight excluding hydrogens is 455 g/mol. The van der Waals surface area contributed by atoms with Crippen molar-refractivity contribution in [2.45, 2.75) is 50.5 Å². The van der Waals surface area contributed by atoms with Gasteiger partial charge >= 0.3 is 0 Å². The van der Waals surface area contributed by atoms with Crippen molar-refractivity contribution in [2.75, 3.05) is 0 Å². The van der Waals surface area contributed by atoms with E-state index in [0.717, 1.165) is 27.4 Å². The van der Waals surface area contributed by atoms with Gasteiger partial charge in [-0.2, -0.15) is 5.26 Å². The number of nitrogens with zero attached hydrogens (tertiary/aromatic N) is 2. The number of halogens is 2. The van der Waals surface area contributed by atoms with Gasteiger partial charge in [0.2, 0.25) is 0 Å². The summed E-state index contributed by atoms with van der Waals surface area (Å²) in [5.41, 5.74) is 2.99. The van der Waals surface area contributed by atoms with E-state index in [1.165, 1.54) is 11.8 Å². The second-order valence-corrected chi connectivity index (χ2v) is 8.75. The maximum Gasteiger partial charge on any atom is 0.0991 e. The van der Waals surface area contributed by atoms with Crippen LogP contribution in [0.3, 0.4) is 0 Å². The van der Waals surface area contributed by atoms with Gasteiger partial charge in [-0.25, -0.2) is 0 Å². The lowest BCUT2D eigenvalue weighted by molar-refractivity contribution is 0.836. The molecule has 0 spiro atoms. The van der Waals surface area contributed by atoms with Crippen LogP contribution < -0.4 is 0 Å². The van der Waals surface area contributed by atoms with Gasteiger partial charge in [0.15, 0.2) is 0 Å². The summed E-state index contributed by atoms with van der Waals surface area (Å²) in [6.45, 7) is 9.00. The topological polar surface area (TPSA) is 28.7 Å². The van der Waals surface area contributed by atoms with E-state index in [1.54, 1.807) is 17.8 Å². The lowest BCUT2D eigenvalue weighted by atomic mass is 10.1. The number of hydrogen-bond acceptors (Lipinski definition) is 2. The van der Waals surface area contributed by atoms with Gasteiger partial charge in [-0.1, -0.05) is 87.3 Å². The van der Waals surface area contributed by atoms with Crippen LogP contribution in [0.2, 0.25) is 10.0 Å². The second kappa shape index (κ2) is 13.2. The number of nitriles is 1. The Balaban J connectivity index is 0.000000671. The molecule has 0 bridgehead atoms. The summed E-state index contributed by atoms with van der Waals surface area (Å²) < 4.78 is 2.21. The van der Waals surface area contributed by atoms with Crippen LogP contribution in [0.4, 0.5) is 0 Å². The van der Waals surface area contributed by atoms with Gasteiger partial charge in [0.25, 0.3) is 0 Å². The Morgan fingerprint density at radius 3 is 2.22 bits per heavy atom. The fraction of sp³-hybridized carbons (Fsp3) is 0.222. The van der Waals surface area contributed by atoms with Crippen molar-refractivity contribution in [1.82, 2.24) is 4.57 Å². The smallest absolute Gasteiger partial charge is 0.0991 e. The van der Waals surface area contributed by atoms with Crippen LogP contribution >= 0.6 is 35.0 Å². The highest BCUT2D eigenvalue weighted by atomic mass is 35.5. The maximum atomic E-state index is 8.94. The van der Waals surface area contributed by atoms with Crippen molar-refractivity contribution >= 4 is 45.9 Å². The average Bonchev–Trinajstić information content (AvgIpc) is 3.22. The molecule has 0 aliphatic rings. The van der Waals surface area contributed by atoms with Crippen LogP contribution in [0.5, 0.6) is 0 Å². The zero-order valence-corrected chi connectivity index (χ0v) is 21.2. The summed E-state index contributed by atoms with van der Waals surface area (Å²) in [5.74, 6) is 0. The molecular formula is C27H28Cl2N2S. The van der Waals surface area contributed by atoms with E-state index >= 15 is 0 Å². The molecule has 32 heavy (non-hydrogen) atoms. The minimum absolute atomic E-state index is 0.635. The highest BCUT2D eigenvalue weighted by Crippen LogP contribution is 2.38. The minimum Gasteiger partial charge on any atom is -0.343 e. The van der Waals surface area contributed by atoms with E-state index in [2.05, 4.69) is 54.9 Å². The molecule has 3 aromatic carbocycles. The minimum atomic E-state index is 0.635. The van der Waals surface area contributed by atoms with Crippen molar-refractivity contribution in [3.63, 3.8) is 0 Å². The summed E-state index contributed by atoms with van der Waals surface area (Å²) in [6.07, 6.45) is 3.34. The Bertz CT molecular complexity index is 1170. The molecule has 5 heteroatoms. The lowest BCUT2D eigenvalue weighted by Gasteiger charge is -2.09. The molecule has 0 radical (unpaired) electrons. The number of aromatic nitrogens is 1. The van der Waals surface area contributed by atoms with Crippen LogP contribution in [0.15, 0.2) is 82.7 Å². The first kappa shape index (κ1) is 25.9. The van der Waals surface area contributed by atoms with E-state index in [1.807, 2.05) is 50.2 Å². The summed E-state index contributed by atoms with van der Waals surface area (Å²) in [7, 11) is 0. The van der Waals surface area contributed by atoms with Crippen molar-refractivity contribution < 1.29 is 0 Å². The van der Waals surface area contributed by atoms with Crippen LogP contribution in [-0.2, 0) is 6.54 Å². The van der Waals surface area contributed by atoms with E-state index in [-0.39, 0.29) is 0 Å². The normalized spacial score (nSPS) is 9.91. The first-order valence-electron chi connectivity index (χ1n) is 10.8. The Hall–Kier alpha value is -2.38. The van der Waals surface area contributed by atoms with Gasteiger partial charge < -0.3 is 4.57 Å². The quantitative estimate of drug-likeness (QED) is 0.289. The van der Waals surface area contributed by atoms with Crippen LogP contribution in [0.1, 0.15) is 45.2 Å². The van der Waals surface area contributed by atoms with Crippen LogP contribution in [0, 0.1) is 11.3 Å². The summed E-state index contributed by atoms with van der Waals surface area (Å²) >= 11 is 14.0. The molecule has 0 aliphatic carbocycles. The summed E-state index contributed by atoms with van der Waals surface area (Å²) in [4.78, 5) is 2.13. The first-order valence-corrected chi connectivity index (χ1v) is 12.3. The zero-order valence-electron chi connectivity index (χ0n) is 18.9. The Morgan fingerprint density at radius 1 is 0.906 bits per heavy atom. The van der Waals surface area contributed by atoms with E-state index in [0.29, 0.717) is 15.6 Å². The van der Waals surface area contributed by atoms with Crippen molar-refractivity contribution in [3.05, 3.63) is 94.1 Å². The Kier molecular flexibility index (Phi) is 10.7. The maximum absolute atomic E-state index is 8.94. The third-order valence-corrected chi connectivity index (χ3v) is 6.14. The third kappa shape index (κ3) is 6.81. The molecule has 2 nitrogen and oxygen atoms in total. The zero-order chi connectivity index (χ0) is 23.5. The first-order chi connectivity index (χ1) is 15.5. The van der Waals surface area contributed by atoms with E-state index in [9.17, 15) is 0 Å². The monoisotopic (exact) mass is 482 g/mol. The molecule has 1 aromatic heterocycles. The third-order valence-electron chi connectivity index (χ3n) is 4.32. The number of fused-ring (bicyclic) bond motifs is 1. The second-order valence-electron chi connectivity index (χ2n) is 6.83. The fourth-order valence-electron chi connectivity index (χ4n) is 2.98. The molecule has 0 fully saturated rings. The van der Waals surface area contributed by atoms with Gasteiger partial charge in [0.05, 0.1) is 16.7 Å². The molecule has 4 aromatic rings. The molecule has 0 unspecified atom stereocenters. The van der Waals surface area contributed by atoms with Gasteiger partial charge in [0, 0.05) is 38.5 Å². The number of rotatable bonds is 4. The van der Waals surface area contributed by atoms with E-state index < -0.39 is 0 Å². The molecule has 1 heterocycles. The molecule has 0 N–H and O–H groups in total. The summed E-state index contributed by atoms with van der Waals surface area (Å²) in [6, 6.07) is 23.8. The Labute approximate surface area is 205 Å². The van der Waals surface area contributed by atoms with E-state index in [4.69, 9.17) is 28.5 Å². The Morgan fingerprint density at radius 2 is 1.59 bits per heavy atom. The van der Waals surface area contributed by atoms with Crippen molar-refractivity contribution in [1.29, 1.82) is 5.26 Å². The lowest BCUT2D eigenvalue weighted by Crippen LogP contribution is -1.97. The van der Waals surface area contributed by atoms with Crippen molar-refractivity contribution in [2.24, 2.45) is 0 Å². The van der Waals surface area contributed by atoms with Crippen LogP contribution in [-0.4, -0.2) is 4.57 Å². The predicted octanol–water partition coefficient (Wildman–Crippen LogP) is 9.46. The molecule has 4 rings (SSSR count). The van der Waals surface area contributed by atoms with Gasteiger partial charge in [0.1, 0.15) is 0 Å². The number of benzene rings is 3. The molecule has 0 saturated carbocycles. The predicted molar refractivity (Wildman–Crippen MR) is 140 cm³/mol. The highest BCUT2D eigenvalue weighted by Gasteiger charge is 2.10. The van der Waals surface area contributed by atoms with Gasteiger partial charge in [-0.15, -0.1) is 0 Å². The average molecular weight is 484 g/mol. The summed E-state index contributed by atoms with van der Waals surface area (Å²) in [5, 5.41) is 11.4. The van der Waals surface area contributed by atoms with Gasteiger partial charge in [-0.3, -0.25) is 0 Å². The molecule has 0 aliphatic heterocycles.